The van der Waals surface area contributed by atoms with E-state index in [1.54, 1.807) is 29.2 Å². The van der Waals surface area contributed by atoms with Crippen molar-refractivity contribution in [2.75, 3.05) is 25.0 Å². The molecular weight excluding hydrogens is 366 g/mol. The van der Waals surface area contributed by atoms with Gasteiger partial charge in [-0.25, -0.2) is 4.79 Å². The Morgan fingerprint density at radius 3 is 2.59 bits per heavy atom. The summed E-state index contributed by atoms with van der Waals surface area (Å²) in [5, 5.41) is 5.66. The van der Waals surface area contributed by atoms with Gasteiger partial charge in [-0.15, -0.1) is 0 Å². The maximum absolute atomic E-state index is 12.6. The first-order valence-corrected chi connectivity index (χ1v) is 10.1. The topological polar surface area (TPSA) is 70.7 Å². The summed E-state index contributed by atoms with van der Waals surface area (Å²) >= 11 is 0. The lowest BCUT2D eigenvalue weighted by molar-refractivity contribution is 0.0955. The predicted molar refractivity (Wildman–Crippen MR) is 115 cm³/mol. The van der Waals surface area contributed by atoms with Crippen molar-refractivity contribution in [3.8, 4) is 5.75 Å². The van der Waals surface area contributed by atoms with Crippen molar-refractivity contribution in [2.24, 2.45) is 0 Å². The van der Waals surface area contributed by atoms with E-state index in [-0.39, 0.29) is 18.0 Å². The van der Waals surface area contributed by atoms with Crippen LogP contribution in [0, 0.1) is 13.8 Å². The fourth-order valence-electron chi connectivity index (χ4n) is 3.39. The molecule has 2 N–H and O–H groups in total. The number of urea groups is 1. The zero-order chi connectivity index (χ0) is 20.8. The second-order valence-corrected chi connectivity index (χ2v) is 7.44. The maximum Gasteiger partial charge on any atom is 0.321 e. The van der Waals surface area contributed by atoms with Gasteiger partial charge < -0.3 is 20.3 Å². The molecule has 0 aliphatic carbocycles. The van der Waals surface area contributed by atoms with E-state index < -0.39 is 0 Å². The smallest absolute Gasteiger partial charge is 0.321 e. The summed E-state index contributed by atoms with van der Waals surface area (Å²) in [6.45, 7) is 7.81. The van der Waals surface area contributed by atoms with E-state index in [1.807, 2.05) is 13.8 Å². The van der Waals surface area contributed by atoms with Crippen molar-refractivity contribution in [1.29, 1.82) is 0 Å². The quantitative estimate of drug-likeness (QED) is 0.800. The lowest BCUT2D eigenvalue weighted by Gasteiger charge is -2.32. The van der Waals surface area contributed by atoms with Gasteiger partial charge in [-0.05, 0) is 56.2 Å². The Kier molecular flexibility index (Phi) is 6.75. The molecule has 1 fully saturated rings. The molecule has 154 valence electrons. The van der Waals surface area contributed by atoms with E-state index >= 15 is 0 Å². The van der Waals surface area contributed by atoms with Crippen LogP contribution in [-0.2, 0) is 0 Å². The van der Waals surface area contributed by atoms with E-state index in [0.29, 0.717) is 30.9 Å². The summed E-state index contributed by atoms with van der Waals surface area (Å²) in [5.74, 6) is 0.781. The molecule has 0 atom stereocenters. The number of piperidine rings is 1. The number of amides is 3. The Morgan fingerprint density at radius 1 is 1.10 bits per heavy atom. The number of aryl methyl sites for hydroxylation is 2. The number of benzene rings is 2. The van der Waals surface area contributed by atoms with Crippen LogP contribution in [0.1, 0.15) is 41.3 Å². The molecule has 6 nitrogen and oxygen atoms in total. The molecule has 3 rings (SSSR count). The van der Waals surface area contributed by atoms with E-state index in [0.717, 1.165) is 24.2 Å². The van der Waals surface area contributed by atoms with E-state index in [9.17, 15) is 9.59 Å². The van der Waals surface area contributed by atoms with Gasteiger partial charge in [0, 0.05) is 43.7 Å². The molecule has 1 aliphatic rings. The van der Waals surface area contributed by atoms with Crippen LogP contribution in [0.5, 0.6) is 5.75 Å². The molecular formula is C23H29N3O3. The summed E-state index contributed by atoms with van der Waals surface area (Å²) in [6, 6.07) is 13.1. The molecule has 0 bridgehead atoms. The zero-order valence-corrected chi connectivity index (χ0v) is 17.3. The normalized spacial score (nSPS) is 14.4. The van der Waals surface area contributed by atoms with Gasteiger partial charge in [0.25, 0.3) is 5.91 Å². The molecule has 2 aromatic carbocycles. The number of anilines is 1. The third-order valence-electron chi connectivity index (χ3n) is 5.08. The molecule has 0 unspecified atom stereocenters. The number of carbonyl (C=O) groups is 2. The Labute approximate surface area is 172 Å². The first-order valence-electron chi connectivity index (χ1n) is 10.1. The highest BCUT2D eigenvalue weighted by molar-refractivity contribution is 5.96. The summed E-state index contributed by atoms with van der Waals surface area (Å²) in [7, 11) is 0. The number of hydrogen-bond acceptors (Lipinski definition) is 3. The van der Waals surface area contributed by atoms with Crippen molar-refractivity contribution < 1.29 is 14.3 Å². The highest BCUT2D eigenvalue weighted by Crippen LogP contribution is 2.24. The molecule has 1 aliphatic heterocycles. The van der Waals surface area contributed by atoms with Gasteiger partial charge in [0.15, 0.2) is 0 Å². The first kappa shape index (κ1) is 20.7. The third kappa shape index (κ3) is 5.50. The van der Waals surface area contributed by atoms with Gasteiger partial charge in [-0.1, -0.05) is 18.2 Å². The second kappa shape index (κ2) is 9.45. The first-order chi connectivity index (χ1) is 14.0. The molecule has 0 radical (unpaired) electrons. The fourth-order valence-corrected chi connectivity index (χ4v) is 3.39. The van der Waals surface area contributed by atoms with Gasteiger partial charge in [0.2, 0.25) is 0 Å². The van der Waals surface area contributed by atoms with Gasteiger partial charge in [-0.2, -0.15) is 0 Å². The molecule has 2 aromatic rings. The Bertz CT molecular complexity index is 873. The van der Waals surface area contributed by atoms with Crippen molar-refractivity contribution in [3.05, 3.63) is 59.2 Å². The minimum absolute atomic E-state index is 0.112. The van der Waals surface area contributed by atoms with E-state index in [2.05, 4.69) is 35.8 Å². The van der Waals surface area contributed by atoms with Crippen LogP contribution in [-0.4, -0.2) is 42.6 Å². The van der Waals surface area contributed by atoms with Crippen LogP contribution in [0.15, 0.2) is 42.5 Å². The highest BCUT2D eigenvalue weighted by atomic mass is 16.5. The van der Waals surface area contributed by atoms with Crippen LogP contribution in [0.2, 0.25) is 0 Å². The van der Waals surface area contributed by atoms with Crippen molar-refractivity contribution >= 4 is 17.6 Å². The average molecular weight is 396 g/mol. The monoisotopic (exact) mass is 395 g/mol. The number of carbonyl (C=O) groups excluding carboxylic acids is 2. The Morgan fingerprint density at radius 2 is 1.86 bits per heavy atom. The van der Waals surface area contributed by atoms with E-state index in [1.165, 1.54) is 5.56 Å². The lowest BCUT2D eigenvalue weighted by atomic mass is 10.1. The number of rotatable bonds is 5. The van der Waals surface area contributed by atoms with Crippen LogP contribution < -0.4 is 15.4 Å². The number of hydrogen-bond donors (Lipinski definition) is 2. The second-order valence-electron chi connectivity index (χ2n) is 7.44. The molecule has 0 aromatic heterocycles. The van der Waals surface area contributed by atoms with E-state index in [4.69, 9.17) is 4.74 Å². The third-order valence-corrected chi connectivity index (χ3v) is 5.08. The van der Waals surface area contributed by atoms with Crippen LogP contribution in [0.25, 0.3) is 0 Å². The average Bonchev–Trinajstić information content (AvgIpc) is 2.71. The Hall–Kier alpha value is -3.02. The summed E-state index contributed by atoms with van der Waals surface area (Å²) in [6.07, 6.45) is 1.69. The van der Waals surface area contributed by atoms with Gasteiger partial charge in [0.05, 0.1) is 0 Å². The fraction of sp³-hybridized carbons (Fsp3) is 0.391. The SMILES string of the molecule is CCNC(=O)c1cccc(NC(=O)N2CCC(Oc3cc(C)ccc3C)CC2)c1. The number of nitrogens with one attached hydrogen (secondary N) is 2. The molecule has 0 saturated carbocycles. The molecule has 3 amide bonds. The minimum atomic E-state index is -0.150. The minimum Gasteiger partial charge on any atom is -0.490 e. The predicted octanol–water partition coefficient (Wildman–Crippen LogP) is 4.13. The zero-order valence-electron chi connectivity index (χ0n) is 17.3. The lowest BCUT2D eigenvalue weighted by Crippen LogP contribution is -2.43. The van der Waals surface area contributed by atoms with Gasteiger partial charge in [-0.3, -0.25) is 4.79 Å². The summed E-state index contributed by atoms with van der Waals surface area (Å²) < 4.78 is 6.18. The van der Waals surface area contributed by atoms with Crippen LogP contribution in [0.4, 0.5) is 10.5 Å². The van der Waals surface area contributed by atoms with Crippen LogP contribution in [0.3, 0.4) is 0 Å². The largest absolute Gasteiger partial charge is 0.490 e. The summed E-state index contributed by atoms with van der Waals surface area (Å²) in [4.78, 5) is 26.4. The standard InChI is InChI=1S/C23H29N3O3/c1-4-24-22(27)18-6-5-7-19(15-18)25-23(28)26-12-10-20(11-13-26)29-21-14-16(2)8-9-17(21)3/h5-9,14-15,20H,4,10-13H2,1-3H3,(H,24,27)(H,25,28). The van der Waals surface area contributed by atoms with Crippen molar-refractivity contribution in [2.45, 2.75) is 39.7 Å². The maximum atomic E-state index is 12.6. The summed E-state index contributed by atoms with van der Waals surface area (Å²) in [5.41, 5.74) is 3.46. The van der Waals surface area contributed by atoms with Crippen molar-refractivity contribution in [3.63, 3.8) is 0 Å². The Balaban J connectivity index is 1.53. The highest BCUT2D eigenvalue weighted by Gasteiger charge is 2.24. The molecule has 1 saturated heterocycles. The molecule has 1 heterocycles. The van der Waals surface area contributed by atoms with Crippen molar-refractivity contribution in [1.82, 2.24) is 10.2 Å². The number of nitrogens with zero attached hydrogens (tertiary/aromatic N) is 1. The molecule has 6 heteroatoms. The van der Waals surface area contributed by atoms with Gasteiger partial charge in [0.1, 0.15) is 11.9 Å². The molecule has 29 heavy (non-hydrogen) atoms. The van der Waals surface area contributed by atoms with Crippen LogP contribution >= 0.6 is 0 Å². The van der Waals surface area contributed by atoms with Gasteiger partial charge >= 0.3 is 6.03 Å². The molecule has 0 spiro atoms. The number of ether oxygens (including phenoxy) is 1. The number of likely N-dealkylation sites (tertiary alicyclic amines) is 1.